The predicted molar refractivity (Wildman–Crippen MR) is 128 cm³/mol. The van der Waals surface area contributed by atoms with E-state index in [0.717, 1.165) is 0 Å². The van der Waals surface area contributed by atoms with Crippen molar-refractivity contribution in [3.8, 4) is 23.1 Å². The van der Waals surface area contributed by atoms with Gasteiger partial charge in [0.2, 0.25) is 0 Å². The smallest absolute Gasteiger partial charge is 0.270 e. The molecule has 5 rings (SSSR count). The molecule has 0 aliphatic heterocycles. The van der Waals surface area contributed by atoms with E-state index in [1.165, 1.54) is 25.6 Å². The average molecular weight is 471 g/mol. The van der Waals surface area contributed by atoms with Crippen molar-refractivity contribution in [3.63, 3.8) is 0 Å². The van der Waals surface area contributed by atoms with Crippen LogP contribution in [0.2, 0.25) is 0 Å². The fourth-order valence-corrected chi connectivity index (χ4v) is 4.06. The molecule has 0 radical (unpaired) electrons. The second-order valence-electron chi connectivity index (χ2n) is 7.69. The summed E-state index contributed by atoms with van der Waals surface area (Å²) in [5.74, 6) is 0.543. The molecule has 3 N–H and O–H groups in total. The van der Waals surface area contributed by atoms with Crippen LogP contribution in [0.15, 0.2) is 58.4 Å². The number of nitrogens with zero attached hydrogens (tertiary/aromatic N) is 4. The van der Waals surface area contributed by atoms with Crippen molar-refractivity contribution in [2.75, 3.05) is 19.0 Å². The summed E-state index contributed by atoms with van der Waals surface area (Å²) in [5.41, 5.74) is 0.984. The zero-order chi connectivity index (χ0) is 24.5. The Kier molecular flexibility index (Phi) is 5.46. The minimum atomic E-state index is -0.447. The highest BCUT2D eigenvalue weighted by atomic mass is 19.1. The van der Waals surface area contributed by atoms with Gasteiger partial charge in [-0.25, -0.2) is 14.4 Å². The van der Waals surface area contributed by atoms with Gasteiger partial charge in [-0.2, -0.15) is 5.26 Å². The molecule has 0 aliphatic rings. The van der Waals surface area contributed by atoms with Crippen LogP contribution in [0.5, 0.6) is 5.75 Å². The second-order valence-corrected chi connectivity index (χ2v) is 7.69. The van der Waals surface area contributed by atoms with Crippen LogP contribution >= 0.6 is 0 Å². The molecular formula is C24H18FN7O3. The minimum absolute atomic E-state index is 0.250. The number of nitriles is 1. The third-order valence-corrected chi connectivity index (χ3v) is 5.71. The fraction of sp³-hybridized carbons (Fsp3) is 0.125. The molecule has 11 heteroatoms. The highest BCUT2D eigenvalue weighted by molar-refractivity contribution is 5.89. The zero-order valence-corrected chi connectivity index (χ0v) is 18.4. The van der Waals surface area contributed by atoms with Gasteiger partial charge in [0.15, 0.2) is 0 Å². The normalized spacial score (nSPS) is 11.0. The summed E-state index contributed by atoms with van der Waals surface area (Å²) in [5, 5.41) is 18.4. The Morgan fingerprint density at radius 2 is 1.86 bits per heavy atom. The number of anilines is 1. The Morgan fingerprint density at radius 1 is 1.06 bits per heavy atom. The summed E-state index contributed by atoms with van der Waals surface area (Å²) in [6.07, 6.45) is 1.38. The predicted octanol–water partition coefficient (Wildman–Crippen LogP) is 2.76. The minimum Gasteiger partial charge on any atom is -0.496 e. The highest BCUT2D eigenvalue weighted by Crippen LogP contribution is 2.31. The molecule has 0 aliphatic carbocycles. The van der Waals surface area contributed by atoms with Gasteiger partial charge in [-0.05, 0) is 30.3 Å². The Morgan fingerprint density at radius 3 is 2.63 bits per heavy atom. The molecule has 0 unspecified atom stereocenters. The first-order valence-corrected chi connectivity index (χ1v) is 10.6. The topological polar surface area (TPSA) is 141 Å². The van der Waals surface area contributed by atoms with Crippen LogP contribution in [0.4, 0.5) is 10.2 Å². The first-order valence-electron chi connectivity index (χ1n) is 10.6. The van der Waals surface area contributed by atoms with Gasteiger partial charge < -0.3 is 14.6 Å². The SMILES string of the molecule is COc1ccc(F)c2c1cc(C#N)n2CCNc1cc(-c2ccc3c(=O)[nH][nH]c(=O)c3c2)ncn1. The first kappa shape index (κ1) is 21.8. The second kappa shape index (κ2) is 8.75. The van der Waals surface area contributed by atoms with E-state index in [2.05, 4.69) is 31.6 Å². The summed E-state index contributed by atoms with van der Waals surface area (Å²) in [6.45, 7) is 0.641. The van der Waals surface area contributed by atoms with Gasteiger partial charge >= 0.3 is 0 Å². The molecule has 10 nitrogen and oxygen atoms in total. The maximum atomic E-state index is 14.6. The number of aromatic nitrogens is 5. The molecule has 0 bridgehead atoms. The lowest BCUT2D eigenvalue weighted by atomic mass is 10.1. The number of rotatable bonds is 6. The number of nitrogens with one attached hydrogen (secondary N) is 3. The zero-order valence-electron chi connectivity index (χ0n) is 18.4. The average Bonchev–Trinajstić information content (AvgIpc) is 3.26. The number of hydrogen-bond acceptors (Lipinski definition) is 7. The van der Waals surface area contributed by atoms with Gasteiger partial charge in [-0.15, -0.1) is 0 Å². The van der Waals surface area contributed by atoms with E-state index in [-0.39, 0.29) is 16.3 Å². The van der Waals surface area contributed by atoms with Gasteiger partial charge in [0.1, 0.15) is 35.5 Å². The van der Waals surface area contributed by atoms with Gasteiger partial charge in [-0.3, -0.25) is 19.8 Å². The maximum absolute atomic E-state index is 14.6. The molecule has 0 spiro atoms. The molecule has 5 aromatic rings. The summed E-state index contributed by atoms with van der Waals surface area (Å²) >= 11 is 0. The Balaban J connectivity index is 1.40. The van der Waals surface area contributed by atoms with Crippen LogP contribution in [0, 0.1) is 17.1 Å². The van der Waals surface area contributed by atoms with Crippen molar-refractivity contribution in [1.29, 1.82) is 5.26 Å². The Labute approximate surface area is 196 Å². The molecule has 3 heterocycles. The number of hydrogen-bond donors (Lipinski definition) is 3. The van der Waals surface area contributed by atoms with Gasteiger partial charge in [0, 0.05) is 30.1 Å². The van der Waals surface area contributed by atoms with Crippen LogP contribution in [-0.2, 0) is 6.54 Å². The number of fused-ring (bicyclic) bond motifs is 2. The van der Waals surface area contributed by atoms with Crippen molar-refractivity contribution >= 4 is 27.5 Å². The molecule has 35 heavy (non-hydrogen) atoms. The van der Waals surface area contributed by atoms with Crippen LogP contribution in [0.25, 0.3) is 32.9 Å². The quantitative estimate of drug-likeness (QED) is 0.346. The first-order chi connectivity index (χ1) is 17.0. The van der Waals surface area contributed by atoms with Gasteiger partial charge in [-0.1, -0.05) is 6.07 Å². The third-order valence-electron chi connectivity index (χ3n) is 5.71. The van der Waals surface area contributed by atoms with E-state index in [9.17, 15) is 19.2 Å². The Bertz CT molecular complexity index is 1750. The van der Waals surface area contributed by atoms with E-state index in [0.29, 0.717) is 52.5 Å². The van der Waals surface area contributed by atoms with Crippen molar-refractivity contribution in [2.45, 2.75) is 6.54 Å². The summed E-state index contributed by atoms with van der Waals surface area (Å²) in [7, 11) is 1.49. The van der Waals surface area contributed by atoms with Crippen molar-refractivity contribution < 1.29 is 9.13 Å². The largest absolute Gasteiger partial charge is 0.496 e. The number of benzene rings is 2. The molecule has 2 aromatic carbocycles. The number of aromatic amines is 2. The number of methoxy groups -OCH3 is 1. The molecule has 0 saturated heterocycles. The number of H-pyrrole nitrogens is 2. The van der Waals surface area contributed by atoms with Crippen molar-refractivity contribution in [1.82, 2.24) is 24.7 Å². The molecular weight excluding hydrogens is 453 g/mol. The van der Waals surface area contributed by atoms with Crippen molar-refractivity contribution in [3.05, 3.63) is 81.0 Å². The third kappa shape index (κ3) is 3.87. The van der Waals surface area contributed by atoms with Crippen molar-refractivity contribution in [2.24, 2.45) is 0 Å². The monoisotopic (exact) mass is 471 g/mol. The van der Waals surface area contributed by atoms with E-state index < -0.39 is 11.4 Å². The van der Waals surface area contributed by atoms with E-state index in [1.807, 2.05) is 0 Å². The van der Waals surface area contributed by atoms with E-state index >= 15 is 0 Å². The molecule has 0 fully saturated rings. The molecule has 3 aromatic heterocycles. The molecule has 0 atom stereocenters. The lowest BCUT2D eigenvalue weighted by Crippen LogP contribution is -2.18. The highest BCUT2D eigenvalue weighted by Gasteiger charge is 2.16. The van der Waals surface area contributed by atoms with Crippen LogP contribution in [-0.4, -0.2) is 38.4 Å². The Hall–Kier alpha value is -4.98. The number of ether oxygens (including phenoxy) is 1. The van der Waals surface area contributed by atoms with Gasteiger partial charge in [0.25, 0.3) is 11.1 Å². The van der Waals surface area contributed by atoms with Crippen LogP contribution in [0.3, 0.4) is 0 Å². The standard InChI is InChI=1S/C24H18FN7O3/c1-35-20-5-4-18(25)22-17(20)9-14(11-26)32(22)7-6-27-21-10-19(28-12-29-21)13-2-3-15-16(8-13)24(34)31-30-23(15)33/h2-5,8-10,12H,6-7H2,1H3,(H,30,33)(H,31,34)(H,27,28,29). The van der Waals surface area contributed by atoms with Crippen LogP contribution < -0.4 is 21.2 Å². The summed E-state index contributed by atoms with van der Waals surface area (Å²) in [6, 6.07) is 13.1. The van der Waals surface area contributed by atoms with E-state index in [1.54, 1.807) is 34.9 Å². The lowest BCUT2D eigenvalue weighted by Gasteiger charge is -2.11. The molecule has 174 valence electrons. The number of halogens is 1. The summed E-state index contributed by atoms with van der Waals surface area (Å²) in [4.78, 5) is 32.5. The maximum Gasteiger partial charge on any atom is 0.270 e. The van der Waals surface area contributed by atoms with Crippen LogP contribution in [0.1, 0.15) is 5.69 Å². The lowest BCUT2D eigenvalue weighted by molar-refractivity contribution is 0.419. The van der Waals surface area contributed by atoms with E-state index in [4.69, 9.17) is 4.74 Å². The molecule has 0 saturated carbocycles. The molecule has 0 amide bonds. The van der Waals surface area contributed by atoms with Gasteiger partial charge in [0.05, 0.1) is 29.1 Å². The summed E-state index contributed by atoms with van der Waals surface area (Å²) < 4.78 is 21.5. The fourth-order valence-electron chi connectivity index (χ4n) is 4.06.